The maximum atomic E-state index is 12.2. The van der Waals surface area contributed by atoms with Crippen molar-refractivity contribution in [2.45, 2.75) is 44.8 Å². The van der Waals surface area contributed by atoms with Gasteiger partial charge < -0.3 is 19.6 Å². The first-order chi connectivity index (χ1) is 15.0. The molecule has 0 bridgehead atoms. The van der Waals surface area contributed by atoms with Crippen LogP contribution in [0.4, 0.5) is 0 Å². The SMILES string of the molecule is CNC(=O)C(=NOC)c1ccccc1COc1cc(Cl)c(OC2CCCCC2)c(Cl)c1. The molecule has 2 aromatic carbocycles. The van der Waals surface area contributed by atoms with Crippen LogP contribution in [0.3, 0.4) is 0 Å². The molecule has 0 atom stereocenters. The van der Waals surface area contributed by atoms with Gasteiger partial charge in [-0.25, -0.2) is 0 Å². The lowest BCUT2D eigenvalue weighted by molar-refractivity contribution is -0.114. The second-order valence-corrected chi connectivity index (χ2v) is 8.06. The van der Waals surface area contributed by atoms with E-state index in [0.29, 0.717) is 27.1 Å². The van der Waals surface area contributed by atoms with E-state index in [1.54, 1.807) is 18.2 Å². The van der Waals surface area contributed by atoms with Crippen LogP contribution >= 0.6 is 23.2 Å². The summed E-state index contributed by atoms with van der Waals surface area (Å²) in [5.41, 5.74) is 1.53. The monoisotopic (exact) mass is 464 g/mol. The van der Waals surface area contributed by atoms with E-state index >= 15 is 0 Å². The van der Waals surface area contributed by atoms with Gasteiger partial charge in [0.05, 0.1) is 16.1 Å². The van der Waals surface area contributed by atoms with Crippen LogP contribution in [0.5, 0.6) is 11.5 Å². The first-order valence-electron chi connectivity index (χ1n) is 10.2. The van der Waals surface area contributed by atoms with E-state index in [4.69, 9.17) is 37.5 Å². The third kappa shape index (κ3) is 6.05. The van der Waals surface area contributed by atoms with Crippen molar-refractivity contribution in [3.05, 3.63) is 57.6 Å². The molecular weight excluding hydrogens is 439 g/mol. The summed E-state index contributed by atoms with van der Waals surface area (Å²) in [5, 5.41) is 7.25. The number of likely N-dealkylation sites (N-methyl/N-ethyl adjacent to an activating group) is 1. The molecule has 0 unspecified atom stereocenters. The van der Waals surface area contributed by atoms with Gasteiger partial charge in [0.15, 0.2) is 11.5 Å². The summed E-state index contributed by atoms with van der Waals surface area (Å²) >= 11 is 12.9. The predicted molar refractivity (Wildman–Crippen MR) is 122 cm³/mol. The Morgan fingerprint density at radius 3 is 2.45 bits per heavy atom. The van der Waals surface area contributed by atoms with E-state index in [-0.39, 0.29) is 24.3 Å². The predicted octanol–water partition coefficient (Wildman–Crippen LogP) is 5.38. The van der Waals surface area contributed by atoms with E-state index in [0.717, 1.165) is 31.2 Å². The Labute approximate surface area is 192 Å². The molecule has 1 fully saturated rings. The summed E-state index contributed by atoms with van der Waals surface area (Å²) in [6.45, 7) is 0.186. The lowest BCUT2D eigenvalue weighted by Gasteiger charge is -2.24. The highest BCUT2D eigenvalue weighted by Crippen LogP contribution is 2.39. The van der Waals surface area contributed by atoms with Crippen molar-refractivity contribution in [1.82, 2.24) is 5.32 Å². The van der Waals surface area contributed by atoms with E-state index < -0.39 is 0 Å². The minimum atomic E-state index is -0.357. The Balaban J connectivity index is 1.76. The lowest BCUT2D eigenvalue weighted by atomic mass is 9.98. The van der Waals surface area contributed by atoms with Gasteiger partial charge in [-0.15, -0.1) is 0 Å². The molecule has 0 radical (unpaired) electrons. The quantitative estimate of drug-likeness (QED) is 0.420. The zero-order valence-electron chi connectivity index (χ0n) is 17.6. The molecule has 1 saturated carbocycles. The maximum absolute atomic E-state index is 12.2. The Morgan fingerprint density at radius 2 is 1.81 bits per heavy atom. The van der Waals surface area contributed by atoms with E-state index in [9.17, 15) is 4.79 Å². The summed E-state index contributed by atoms with van der Waals surface area (Å²) in [4.78, 5) is 17.1. The normalized spacial score (nSPS) is 14.8. The Hall–Kier alpha value is -2.44. The van der Waals surface area contributed by atoms with Crippen molar-refractivity contribution in [3.63, 3.8) is 0 Å². The summed E-state index contributed by atoms with van der Waals surface area (Å²) in [6, 6.07) is 10.7. The number of nitrogens with one attached hydrogen (secondary N) is 1. The Morgan fingerprint density at radius 1 is 1.13 bits per heavy atom. The molecule has 1 amide bonds. The van der Waals surface area contributed by atoms with Crippen molar-refractivity contribution in [3.8, 4) is 11.5 Å². The Kier molecular flexibility index (Phi) is 8.43. The van der Waals surface area contributed by atoms with Crippen molar-refractivity contribution < 1.29 is 19.1 Å². The van der Waals surface area contributed by atoms with Crippen LogP contribution in [-0.2, 0) is 16.2 Å². The number of hydrogen-bond donors (Lipinski definition) is 1. The summed E-state index contributed by atoms with van der Waals surface area (Å²) < 4.78 is 12.0. The van der Waals surface area contributed by atoms with Crippen molar-refractivity contribution in [1.29, 1.82) is 0 Å². The molecule has 31 heavy (non-hydrogen) atoms. The number of halogens is 2. The van der Waals surface area contributed by atoms with Crippen molar-refractivity contribution >= 4 is 34.8 Å². The number of rotatable bonds is 8. The molecule has 8 heteroatoms. The van der Waals surface area contributed by atoms with E-state index in [1.807, 2.05) is 18.2 Å². The molecule has 0 saturated heterocycles. The first-order valence-corrected chi connectivity index (χ1v) is 11.0. The van der Waals surface area contributed by atoms with Gasteiger partial charge >= 0.3 is 0 Å². The number of carbonyl (C=O) groups is 1. The molecule has 0 heterocycles. The zero-order chi connectivity index (χ0) is 22.2. The van der Waals surface area contributed by atoms with Crippen molar-refractivity contribution in [2.75, 3.05) is 14.2 Å². The van der Waals surface area contributed by atoms with Crippen LogP contribution in [0.15, 0.2) is 41.6 Å². The van der Waals surface area contributed by atoms with E-state index in [2.05, 4.69) is 10.5 Å². The summed E-state index contributed by atoms with van der Waals surface area (Å²) in [6.07, 6.45) is 5.73. The van der Waals surface area contributed by atoms with Crippen LogP contribution in [0.25, 0.3) is 0 Å². The van der Waals surface area contributed by atoms with Crippen molar-refractivity contribution in [2.24, 2.45) is 5.16 Å². The second kappa shape index (κ2) is 11.3. The fraction of sp³-hybridized carbons (Fsp3) is 0.391. The number of nitrogens with zero attached hydrogens (tertiary/aromatic N) is 1. The number of benzene rings is 2. The van der Waals surface area contributed by atoms with Gasteiger partial charge in [0.2, 0.25) is 0 Å². The summed E-state index contributed by atoms with van der Waals surface area (Å²) in [7, 11) is 2.93. The third-order valence-electron chi connectivity index (χ3n) is 5.10. The average molecular weight is 465 g/mol. The van der Waals surface area contributed by atoms with Gasteiger partial charge in [-0.1, -0.05) is 59.0 Å². The molecule has 0 aliphatic heterocycles. The standard InChI is InChI=1S/C23H26Cl2N2O4/c1-26-23(28)21(27-29-2)18-11-7-6-8-15(18)14-30-17-12-19(24)22(20(25)13-17)31-16-9-4-3-5-10-16/h6-8,11-13,16H,3-5,9-10,14H2,1-2H3,(H,26,28). The van der Waals surface area contributed by atoms with Crippen LogP contribution in [0, 0.1) is 0 Å². The average Bonchev–Trinajstić information content (AvgIpc) is 2.79. The number of oxime groups is 1. The number of carbonyl (C=O) groups excluding carboxylic acids is 1. The first kappa shape index (κ1) is 23.2. The number of ether oxygens (including phenoxy) is 2. The maximum Gasteiger partial charge on any atom is 0.273 e. The Bertz CT molecular complexity index is 920. The highest BCUT2D eigenvalue weighted by atomic mass is 35.5. The molecule has 1 aliphatic rings. The van der Waals surface area contributed by atoms with Crippen LogP contribution < -0.4 is 14.8 Å². The minimum Gasteiger partial charge on any atom is -0.489 e. The molecule has 6 nitrogen and oxygen atoms in total. The lowest BCUT2D eigenvalue weighted by Crippen LogP contribution is -2.29. The fourth-order valence-electron chi connectivity index (χ4n) is 3.54. The highest BCUT2D eigenvalue weighted by molar-refractivity contribution is 6.45. The highest BCUT2D eigenvalue weighted by Gasteiger charge is 2.20. The smallest absolute Gasteiger partial charge is 0.273 e. The van der Waals surface area contributed by atoms with Crippen LogP contribution in [0.2, 0.25) is 10.0 Å². The van der Waals surface area contributed by atoms with E-state index in [1.165, 1.54) is 20.6 Å². The molecule has 1 N–H and O–H groups in total. The molecule has 2 aromatic rings. The molecular formula is C23H26Cl2N2O4. The topological polar surface area (TPSA) is 69.2 Å². The van der Waals surface area contributed by atoms with Gasteiger partial charge in [0.1, 0.15) is 19.5 Å². The van der Waals surface area contributed by atoms with Gasteiger partial charge in [-0.05, 0) is 31.2 Å². The largest absolute Gasteiger partial charge is 0.489 e. The molecule has 1 aliphatic carbocycles. The number of hydrogen-bond acceptors (Lipinski definition) is 5. The second-order valence-electron chi connectivity index (χ2n) is 7.24. The minimum absolute atomic E-state index is 0.144. The van der Waals surface area contributed by atoms with Gasteiger partial charge in [-0.2, -0.15) is 0 Å². The third-order valence-corrected chi connectivity index (χ3v) is 5.66. The fourth-order valence-corrected chi connectivity index (χ4v) is 4.10. The van der Waals surface area contributed by atoms with Crippen LogP contribution in [0.1, 0.15) is 43.2 Å². The van der Waals surface area contributed by atoms with Gasteiger partial charge in [-0.3, -0.25) is 4.79 Å². The van der Waals surface area contributed by atoms with Gasteiger partial charge in [0, 0.05) is 24.7 Å². The molecule has 166 valence electrons. The van der Waals surface area contributed by atoms with Gasteiger partial charge in [0.25, 0.3) is 5.91 Å². The zero-order valence-corrected chi connectivity index (χ0v) is 19.1. The molecule has 0 aromatic heterocycles. The summed E-state index contributed by atoms with van der Waals surface area (Å²) in [5.74, 6) is 0.646. The number of amides is 1. The molecule has 3 rings (SSSR count). The van der Waals surface area contributed by atoms with Crippen LogP contribution in [-0.4, -0.2) is 31.9 Å². The molecule has 0 spiro atoms.